The molecule has 0 unspecified atom stereocenters. The van der Waals surface area contributed by atoms with Crippen LogP contribution < -0.4 is 10.8 Å². The molecule has 3 rings (SSSR count). The van der Waals surface area contributed by atoms with Gasteiger partial charge in [-0.25, -0.2) is 4.98 Å². The number of anilines is 1. The van der Waals surface area contributed by atoms with E-state index >= 15 is 0 Å². The predicted molar refractivity (Wildman–Crippen MR) is 101 cm³/mol. The van der Waals surface area contributed by atoms with Crippen molar-refractivity contribution in [2.45, 2.75) is 20.8 Å². The first-order valence-electron chi connectivity index (χ1n) is 7.93. The quantitative estimate of drug-likeness (QED) is 0.703. The molecule has 0 bridgehead atoms. The van der Waals surface area contributed by atoms with E-state index in [4.69, 9.17) is 5.73 Å². The summed E-state index contributed by atoms with van der Waals surface area (Å²) in [6.07, 6.45) is 0. The number of aryl methyl sites for hydroxylation is 3. The average molecular weight is 365 g/mol. The summed E-state index contributed by atoms with van der Waals surface area (Å²) < 4.78 is 0. The number of aromatic carboxylic acids is 1. The van der Waals surface area contributed by atoms with Gasteiger partial charge in [0.2, 0.25) is 0 Å². The first kappa shape index (κ1) is 17.8. The van der Waals surface area contributed by atoms with Gasteiger partial charge < -0.3 is 15.6 Å². The van der Waals surface area contributed by atoms with E-state index in [1.165, 1.54) is 29.0 Å². The first-order chi connectivity index (χ1) is 12.3. The number of hydrogen-bond acceptors (Lipinski definition) is 7. The lowest BCUT2D eigenvalue weighted by Gasteiger charge is -2.08. The van der Waals surface area contributed by atoms with Crippen LogP contribution in [0.2, 0.25) is 0 Å². The second-order valence-corrected chi connectivity index (χ2v) is 7.00. The molecule has 0 atom stereocenters. The van der Waals surface area contributed by atoms with Crippen LogP contribution in [0.4, 0.5) is 15.8 Å². The minimum atomic E-state index is -1.23. The van der Waals surface area contributed by atoms with Gasteiger partial charge in [-0.15, -0.1) is 10.2 Å². The highest BCUT2D eigenvalue weighted by molar-refractivity contribution is 7.19. The fourth-order valence-corrected chi connectivity index (χ4v) is 3.22. The van der Waals surface area contributed by atoms with Crippen molar-refractivity contribution < 1.29 is 9.90 Å². The van der Waals surface area contributed by atoms with Gasteiger partial charge in [0.1, 0.15) is 5.69 Å². The van der Waals surface area contributed by atoms with Crippen molar-refractivity contribution in [3.63, 3.8) is 0 Å². The number of carboxylic acids is 1. The third kappa shape index (κ3) is 3.62. The number of rotatable bonds is 4. The molecule has 7 heteroatoms. The molecule has 0 aliphatic heterocycles. The zero-order valence-electron chi connectivity index (χ0n) is 14.6. The standard InChI is InChI=1S/C19H18N4O2S/c1-10-8-12(3)15(9-11(10)2)16-17(26-19(20)21-16)23-22-14-6-4-13(5-7-14)18(24)25/h4-9H,1-3H3,(H2,20,21)(H,24,25)/p-1. The third-order valence-corrected chi connectivity index (χ3v) is 4.85. The van der Waals surface area contributed by atoms with Gasteiger partial charge in [-0.2, -0.15) is 0 Å². The van der Waals surface area contributed by atoms with Crippen molar-refractivity contribution in [2.75, 3.05) is 5.73 Å². The highest BCUT2D eigenvalue weighted by Gasteiger charge is 2.15. The summed E-state index contributed by atoms with van der Waals surface area (Å²) in [4.78, 5) is 15.2. The van der Waals surface area contributed by atoms with Crippen molar-refractivity contribution in [3.8, 4) is 11.3 Å². The van der Waals surface area contributed by atoms with Crippen LogP contribution in [-0.2, 0) is 0 Å². The van der Waals surface area contributed by atoms with Crippen LogP contribution in [-0.4, -0.2) is 11.0 Å². The van der Waals surface area contributed by atoms with E-state index in [0.717, 1.165) is 16.7 Å². The smallest absolute Gasteiger partial charge is 0.182 e. The van der Waals surface area contributed by atoms with Crippen molar-refractivity contribution in [1.29, 1.82) is 0 Å². The van der Waals surface area contributed by atoms with E-state index in [-0.39, 0.29) is 5.56 Å². The summed E-state index contributed by atoms with van der Waals surface area (Å²) >= 11 is 1.26. The van der Waals surface area contributed by atoms with Crippen molar-refractivity contribution in [2.24, 2.45) is 10.2 Å². The molecule has 1 heterocycles. The number of carbonyl (C=O) groups is 1. The number of thiazole rings is 1. The van der Waals surface area contributed by atoms with E-state index in [1.54, 1.807) is 12.1 Å². The van der Waals surface area contributed by atoms with Gasteiger partial charge >= 0.3 is 0 Å². The molecule has 2 aromatic carbocycles. The Labute approximate surface area is 155 Å². The number of carbonyl (C=O) groups excluding carboxylic acids is 1. The molecule has 3 aromatic rings. The minimum absolute atomic E-state index is 0.0948. The van der Waals surface area contributed by atoms with E-state index in [2.05, 4.69) is 34.3 Å². The highest BCUT2D eigenvalue weighted by atomic mass is 32.1. The molecule has 0 amide bonds. The number of hydrogen-bond donors (Lipinski definition) is 1. The van der Waals surface area contributed by atoms with Crippen LogP contribution in [0.3, 0.4) is 0 Å². The molecular weight excluding hydrogens is 348 g/mol. The molecule has 6 nitrogen and oxygen atoms in total. The molecule has 0 spiro atoms. The van der Waals surface area contributed by atoms with E-state index in [9.17, 15) is 9.90 Å². The molecule has 2 N–H and O–H groups in total. The lowest BCUT2D eigenvalue weighted by Crippen LogP contribution is -2.21. The number of benzene rings is 2. The normalized spacial score (nSPS) is 11.2. The molecular formula is C19H17N4O2S-. The fourth-order valence-electron chi connectivity index (χ4n) is 2.55. The van der Waals surface area contributed by atoms with Gasteiger partial charge in [-0.1, -0.05) is 29.5 Å². The Kier molecular flexibility index (Phi) is 4.81. The minimum Gasteiger partial charge on any atom is -0.545 e. The predicted octanol–water partition coefficient (Wildman–Crippen LogP) is 4.10. The lowest BCUT2D eigenvalue weighted by atomic mass is 9.99. The molecule has 1 aromatic heterocycles. The number of carboxylic acid groups (broad SMARTS) is 1. The molecule has 0 fully saturated rings. The zero-order valence-corrected chi connectivity index (χ0v) is 15.4. The number of azo groups is 1. The Balaban J connectivity index is 1.97. The Morgan fingerprint density at radius 2 is 1.69 bits per heavy atom. The lowest BCUT2D eigenvalue weighted by molar-refractivity contribution is -0.255. The maximum atomic E-state index is 10.8. The summed E-state index contributed by atoms with van der Waals surface area (Å²) in [7, 11) is 0. The molecule has 0 aliphatic rings. The van der Waals surface area contributed by atoms with Crippen LogP contribution in [0.15, 0.2) is 46.6 Å². The Morgan fingerprint density at radius 1 is 1.04 bits per heavy atom. The molecule has 0 aliphatic carbocycles. The molecule has 132 valence electrons. The first-order valence-corrected chi connectivity index (χ1v) is 8.74. The fraction of sp³-hybridized carbons (Fsp3) is 0.158. The number of nitrogens with two attached hydrogens (primary N) is 1. The average Bonchev–Trinajstić information content (AvgIpc) is 2.97. The van der Waals surface area contributed by atoms with Gasteiger partial charge in [0.05, 0.1) is 11.7 Å². The molecule has 0 radical (unpaired) electrons. The number of aromatic nitrogens is 1. The van der Waals surface area contributed by atoms with E-state index < -0.39 is 5.97 Å². The third-order valence-electron chi connectivity index (χ3n) is 4.08. The maximum absolute atomic E-state index is 10.8. The SMILES string of the molecule is Cc1cc(C)c(-c2nc(N)sc2N=Nc2ccc(C(=O)[O-])cc2)cc1C. The zero-order chi connectivity index (χ0) is 18.8. The monoisotopic (exact) mass is 365 g/mol. The van der Waals surface area contributed by atoms with Gasteiger partial charge in [0.15, 0.2) is 10.1 Å². The Bertz CT molecular complexity index is 1010. The number of nitrogen functional groups attached to an aromatic ring is 1. The van der Waals surface area contributed by atoms with Crippen molar-refractivity contribution >= 4 is 33.1 Å². The van der Waals surface area contributed by atoms with Gasteiger partial charge in [-0.05, 0) is 61.2 Å². The van der Waals surface area contributed by atoms with Crippen LogP contribution in [0, 0.1) is 20.8 Å². The maximum Gasteiger partial charge on any atom is 0.182 e. The topological polar surface area (TPSA) is 104 Å². The highest BCUT2D eigenvalue weighted by Crippen LogP contribution is 2.39. The van der Waals surface area contributed by atoms with Crippen LogP contribution in [0.5, 0.6) is 0 Å². The van der Waals surface area contributed by atoms with E-state index in [0.29, 0.717) is 21.5 Å². The van der Waals surface area contributed by atoms with Gasteiger partial charge in [0.25, 0.3) is 0 Å². The van der Waals surface area contributed by atoms with Crippen molar-refractivity contribution in [1.82, 2.24) is 4.98 Å². The largest absolute Gasteiger partial charge is 0.545 e. The van der Waals surface area contributed by atoms with Crippen LogP contribution >= 0.6 is 11.3 Å². The summed E-state index contributed by atoms with van der Waals surface area (Å²) in [6, 6.07) is 10.2. The summed E-state index contributed by atoms with van der Waals surface area (Å²) in [5.74, 6) is -1.23. The summed E-state index contributed by atoms with van der Waals surface area (Å²) in [6.45, 7) is 6.14. The molecule has 0 saturated carbocycles. The molecule has 0 saturated heterocycles. The van der Waals surface area contributed by atoms with Crippen LogP contribution in [0.1, 0.15) is 27.0 Å². The van der Waals surface area contributed by atoms with Crippen LogP contribution in [0.25, 0.3) is 11.3 Å². The van der Waals surface area contributed by atoms with Crippen molar-refractivity contribution in [3.05, 3.63) is 58.7 Å². The summed E-state index contributed by atoms with van der Waals surface area (Å²) in [5, 5.41) is 20.3. The Morgan fingerprint density at radius 3 is 2.35 bits per heavy atom. The van der Waals surface area contributed by atoms with E-state index in [1.807, 2.05) is 13.8 Å². The second-order valence-electron chi connectivity index (χ2n) is 5.99. The Hall–Kier alpha value is -3.06. The van der Waals surface area contributed by atoms with Gasteiger partial charge in [-0.3, -0.25) is 0 Å². The molecule has 26 heavy (non-hydrogen) atoms. The van der Waals surface area contributed by atoms with Gasteiger partial charge in [0, 0.05) is 5.56 Å². The number of nitrogens with zero attached hydrogens (tertiary/aromatic N) is 3. The second kappa shape index (κ2) is 7.05. The summed E-state index contributed by atoms with van der Waals surface area (Å²) in [5.41, 5.74) is 11.7.